The third kappa shape index (κ3) is 5.58. The van der Waals surface area contributed by atoms with E-state index < -0.39 is 30.8 Å². The van der Waals surface area contributed by atoms with Crippen LogP contribution < -0.4 is 0 Å². The number of rotatable bonds is 8. The van der Waals surface area contributed by atoms with Gasteiger partial charge in [-0.25, -0.2) is 8.78 Å². The molecule has 3 unspecified atom stereocenters. The molecule has 1 aliphatic rings. The molecule has 1 heterocycles. The highest BCUT2D eigenvalue weighted by atomic mass is 19.2. The van der Waals surface area contributed by atoms with Gasteiger partial charge in [-0.2, -0.15) is 0 Å². The summed E-state index contributed by atoms with van der Waals surface area (Å²) in [6, 6.07) is 18.6. The number of hydrogen-bond donors (Lipinski definition) is 1. The summed E-state index contributed by atoms with van der Waals surface area (Å²) >= 11 is 0. The van der Waals surface area contributed by atoms with Gasteiger partial charge in [0.25, 0.3) is 0 Å². The van der Waals surface area contributed by atoms with Gasteiger partial charge >= 0.3 is 0 Å². The van der Waals surface area contributed by atoms with E-state index in [1.807, 2.05) is 74.5 Å². The molecule has 3 rings (SSSR count). The Bertz CT molecular complexity index is 671. The molecule has 0 bridgehead atoms. The molecule has 4 nitrogen and oxygen atoms in total. The number of halogens is 2. The maximum atomic E-state index is 14.9. The molecule has 0 radical (unpaired) electrons. The molecule has 1 aliphatic heterocycles. The largest absolute Gasteiger partial charge is 0.374 e. The van der Waals surface area contributed by atoms with Crippen LogP contribution in [0, 0.1) is 0 Å². The molecule has 1 N–H and O–H groups in total. The zero-order valence-corrected chi connectivity index (χ0v) is 16.3. The molecule has 154 valence electrons. The summed E-state index contributed by atoms with van der Waals surface area (Å²) < 4.78 is 44.6. The fraction of sp³-hybridized carbons (Fsp3) is 0.455. The Morgan fingerprint density at radius 2 is 1.50 bits per heavy atom. The smallest absolute Gasteiger partial charge is 0.217 e. The molecule has 2 aromatic rings. The predicted octanol–water partition coefficient (Wildman–Crippen LogP) is 4.21. The van der Waals surface area contributed by atoms with E-state index in [1.165, 1.54) is 0 Å². The van der Waals surface area contributed by atoms with E-state index in [2.05, 4.69) is 0 Å². The second-order valence-electron chi connectivity index (χ2n) is 6.31. The van der Waals surface area contributed by atoms with Crippen LogP contribution in [0.25, 0.3) is 0 Å². The quantitative estimate of drug-likeness (QED) is 0.729. The lowest BCUT2D eigenvalue weighted by atomic mass is 9.98. The SMILES string of the molecule is CC.OC1OC(COCc2ccccc2)[C@H](OCc2ccccc2)C1(F)CF. The third-order valence-corrected chi connectivity index (χ3v) is 4.40. The Labute approximate surface area is 165 Å². The molecule has 28 heavy (non-hydrogen) atoms. The first-order chi connectivity index (χ1) is 13.6. The van der Waals surface area contributed by atoms with Crippen molar-refractivity contribution in [2.45, 2.75) is 51.2 Å². The fourth-order valence-electron chi connectivity index (χ4n) is 2.94. The zero-order valence-electron chi connectivity index (χ0n) is 16.3. The molecule has 1 saturated heterocycles. The summed E-state index contributed by atoms with van der Waals surface area (Å²) in [7, 11) is 0. The van der Waals surface area contributed by atoms with Gasteiger partial charge < -0.3 is 19.3 Å². The Balaban J connectivity index is 0.00000136. The van der Waals surface area contributed by atoms with Crippen molar-refractivity contribution < 1.29 is 28.1 Å². The number of ether oxygens (including phenoxy) is 3. The molecule has 1 fully saturated rings. The predicted molar refractivity (Wildman–Crippen MR) is 103 cm³/mol. The summed E-state index contributed by atoms with van der Waals surface area (Å²) in [4.78, 5) is 0. The normalized spacial score (nSPS) is 26.5. The summed E-state index contributed by atoms with van der Waals surface area (Å²) in [5.41, 5.74) is -0.848. The number of aliphatic hydroxyl groups is 1. The van der Waals surface area contributed by atoms with E-state index in [0.717, 1.165) is 11.1 Å². The van der Waals surface area contributed by atoms with Crippen molar-refractivity contribution in [1.82, 2.24) is 0 Å². The van der Waals surface area contributed by atoms with Gasteiger partial charge in [-0.3, -0.25) is 0 Å². The minimum Gasteiger partial charge on any atom is -0.374 e. The molecular weight excluding hydrogens is 366 g/mol. The number of benzene rings is 2. The highest BCUT2D eigenvalue weighted by Gasteiger charge is 2.58. The Morgan fingerprint density at radius 3 is 2.04 bits per heavy atom. The molecule has 0 spiro atoms. The summed E-state index contributed by atoms with van der Waals surface area (Å²) in [6.45, 7) is 2.97. The van der Waals surface area contributed by atoms with Crippen LogP contribution in [-0.2, 0) is 27.4 Å². The van der Waals surface area contributed by atoms with Crippen LogP contribution in [-0.4, -0.2) is 42.6 Å². The Morgan fingerprint density at radius 1 is 0.964 bits per heavy atom. The van der Waals surface area contributed by atoms with Crippen LogP contribution in [0.4, 0.5) is 8.78 Å². The van der Waals surface area contributed by atoms with Crippen molar-refractivity contribution >= 4 is 0 Å². The molecule has 0 aliphatic carbocycles. The highest BCUT2D eigenvalue weighted by molar-refractivity contribution is 5.14. The van der Waals surface area contributed by atoms with E-state index >= 15 is 0 Å². The van der Waals surface area contributed by atoms with Gasteiger partial charge in [0.05, 0.1) is 19.8 Å². The molecule has 0 amide bonds. The first kappa shape index (κ1) is 22.4. The first-order valence-electron chi connectivity index (χ1n) is 9.49. The maximum absolute atomic E-state index is 14.9. The Kier molecular flexibility index (Phi) is 8.99. The lowest BCUT2D eigenvalue weighted by molar-refractivity contribution is -0.156. The topological polar surface area (TPSA) is 47.9 Å². The van der Waals surface area contributed by atoms with Crippen molar-refractivity contribution in [2.24, 2.45) is 0 Å². The minimum absolute atomic E-state index is 0.0168. The van der Waals surface area contributed by atoms with Gasteiger partial charge in [-0.05, 0) is 11.1 Å². The second-order valence-corrected chi connectivity index (χ2v) is 6.31. The average Bonchev–Trinajstić information content (AvgIpc) is 2.99. The summed E-state index contributed by atoms with van der Waals surface area (Å²) in [6.07, 6.45) is -4.06. The van der Waals surface area contributed by atoms with Crippen molar-refractivity contribution in [3.8, 4) is 0 Å². The van der Waals surface area contributed by atoms with E-state index in [1.54, 1.807) is 0 Å². The van der Waals surface area contributed by atoms with Crippen LogP contribution in [0.5, 0.6) is 0 Å². The van der Waals surface area contributed by atoms with Crippen molar-refractivity contribution in [3.63, 3.8) is 0 Å². The number of hydrogen-bond acceptors (Lipinski definition) is 4. The lowest BCUT2D eigenvalue weighted by Gasteiger charge is -2.27. The maximum Gasteiger partial charge on any atom is 0.217 e. The van der Waals surface area contributed by atoms with Gasteiger partial charge in [0.2, 0.25) is 5.67 Å². The van der Waals surface area contributed by atoms with E-state index in [9.17, 15) is 13.9 Å². The van der Waals surface area contributed by atoms with E-state index in [-0.39, 0.29) is 13.2 Å². The summed E-state index contributed by atoms with van der Waals surface area (Å²) in [5, 5.41) is 9.83. The van der Waals surface area contributed by atoms with E-state index in [0.29, 0.717) is 6.61 Å². The van der Waals surface area contributed by atoms with E-state index in [4.69, 9.17) is 14.2 Å². The molecule has 4 atom stereocenters. The van der Waals surface area contributed by atoms with Gasteiger partial charge in [0.15, 0.2) is 6.29 Å². The lowest BCUT2D eigenvalue weighted by Crippen LogP contribution is -2.48. The highest BCUT2D eigenvalue weighted by Crippen LogP contribution is 2.37. The van der Waals surface area contributed by atoms with Crippen LogP contribution in [0.2, 0.25) is 0 Å². The van der Waals surface area contributed by atoms with Crippen LogP contribution in [0.3, 0.4) is 0 Å². The summed E-state index contributed by atoms with van der Waals surface area (Å²) in [5.74, 6) is 0. The standard InChI is InChI=1S/C20H22F2O4.C2H6/c21-14-20(22)18(25-12-16-9-5-2-6-10-16)17(26-19(20)23)13-24-11-15-7-3-1-4-8-15;1-2/h1-10,17-19,23H,11-14H2;1-2H3/t17?,18-,19?,20?;/m0./s1. The Hall–Kier alpha value is -1.86. The number of alkyl halides is 2. The number of aliphatic hydroxyl groups excluding tert-OH is 1. The van der Waals surface area contributed by atoms with Crippen LogP contribution in [0.1, 0.15) is 25.0 Å². The molecule has 2 aromatic carbocycles. The van der Waals surface area contributed by atoms with Crippen molar-refractivity contribution in [3.05, 3.63) is 71.8 Å². The van der Waals surface area contributed by atoms with Gasteiger partial charge in [0.1, 0.15) is 18.9 Å². The van der Waals surface area contributed by atoms with Gasteiger partial charge in [0, 0.05) is 0 Å². The molecule has 0 aromatic heterocycles. The molecular formula is C22H28F2O4. The zero-order chi connectivity index (χ0) is 20.4. The monoisotopic (exact) mass is 394 g/mol. The fourth-order valence-corrected chi connectivity index (χ4v) is 2.94. The van der Waals surface area contributed by atoms with Crippen molar-refractivity contribution in [2.75, 3.05) is 13.3 Å². The minimum atomic E-state index is -2.62. The van der Waals surface area contributed by atoms with Crippen molar-refractivity contribution in [1.29, 1.82) is 0 Å². The van der Waals surface area contributed by atoms with Crippen LogP contribution >= 0.6 is 0 Å². The second kappa shape index (κ2) is 11.2. The molecule has 0 saturated carbocycles. The molecule has 6 heteroatoms. The van der Waals surface area contributed by atoms with Gasteiger partial charge in [-0.1, -0.05) is 74.5 Å². The third-order valence-electron chi connectivity index (χ3n) is 4.40. The average molecular weight is 394 g/mol. The van der Waals surface area contributed by atoms with Crippen LogP contribution in [0.15, 0.2) is 60.7 Å². The van der Waals surface area contributed by atoms with Gasteiger partial charge in [-0.15, -0.1) is 0 Å². The first-order valence-corrected chi connectivity index (χ1v) is 9.49.